The Morgan fingerprint density at radius 2 is 2.03 bits per heavy atom. The maximum atomic E-state index is 13.6. The minimum absolute atomic E-state index is 0.117. The molecule has 0 spiro atoms. The molecule has 3 heterocycles. The maximum Gasteiger partial charge on any atom is 0.293 e. The van der Waals surface area contributed by atoms with Crippen molar-refractivity contribution in [2.24, 2.45) is 7.05 Å². The van der Waals surface area contributed by atoms with Crippen LogP contribution in [-0.4, -0.2) is 45.3 Å². The average Bonchev–Trinajstić information content (AvgIpc) is 3.39. The molecule has 0 aliphatic carbocycles. The van der Waals surface area contributed by atoms with E-state index in [1.165, 1.54) is 23.0 Å². The second kappa shape index (κ2) is 8.57. The van der Waals surface area contributed by atoms with Gasteiger partial charge in [-0.15, -0.1) is 0 Å². The molecule has 0 unspecified atom stereocenters. The van der Waals surface area contributed by atoms with Crippen molar-refractivity contribution in [2.45, 2.75) is 19.4 Å². The molecule has 3 aromatic rings. The first kappa shape index (κ1) is 22.9. The van der Waals surface area contributed by atoms with E-state index in [-0.39, 0.29) is 35.8 Å². The molecule has 0 bridgehead atoms. The number of carbonyl (C=O) groups excluding carboxylic acids is 3. The average molecular weight is 464 g/mol. The van der Waals surface area contributed by atoms with Crippen LogP contribution in [0.5, 0.6) is 0 Å². The molecular formula is C23H21FN6O4. The predicted octanol–water partition coefficient (Wildman–Crippen LogP) is 2.53. The summed E-state index contributed by atoms with van der Waals surface area (Å²) in [5.41, 5.74) is 0.797. The molecule has 0 saturated carbocycles. The number of nitrogens with zero attached hydrogens (tertiary/aromatic N) is 3. The lowest BCUT2D eigenvalue weighted by molar-refractivity contribution is -0.130. The summed E-state index contributed by atoms with van der Waals surface area (Å²) in [6.45, 7) is 10.6. The first-order valence-corrected chi connectivity index (χ1v) is 10.3. The predicted molar refractivity (Wildman–Crippen MR) is 119 cm³/mol. The molecule has 2 aromatic heterocycles. The molecule has 2 amide bonds. The van der Waals surface area contributed by atoms with Crippen LogP contribution >= 0.6 is 0 Å². The molecule has 1 saturated heterocycles. The van der Waals surface area contributed by atoms with E-state index in [2.05, 4.69) is 25.4 Å². The fourth-order valence-corrected chi connectivity index (χ4v) is 4.01. The van der Waals surface area contributed by atoms with Gasteiger partial charge < -0.3 is 24.9 Å². The van der Waals surface area contributed by atoms with Gasteiger partial charge in [0.15, 0.2) is 0 Å². The number of aromatic nitrogens is 3. The molecule has 1 aliphatic heterocycles. The Bertz CT molecular complexity index is 1350. The molecular weight excluding hydrogens is 443 g/mol. The number of ketones is 1. The number of halogens is 1. The van der Waals surface area contributed by atoms with E-state index in [4.69, 9.17) is 11.3 Å². The van der Waals surface area contributed by atoms with Gasteiger partial charge in [0.1, 0.15) is 17.1 Å². The standard InChI is InChI=1S/C23H21FN6O4/c1-12-18(20(31)22(33)29-23(9-34-10-23)17-8-26-11-27-17)13(2)30(4)19(12)21(32)28-14-5-6-15(24)16(7-14)25-3/h5-8,11H,9-10H2,1-2,4H3,(H,26,27)(H,28,32)(H,29,33). The summed E-state index contributed by atoms with van der Waals surface area (Å²) in [6.07, 6.45) is 3.03. The highest BCUT2D eigenvalue weighted by atomic mass is 19.1. The summed E-state index contributed by atoms with van der Waals surface area (Å²) < 4.78 is 20.4. The van der Waals surface area contributed by atoms with Crippen LogP contribution in [0, 0.1) is 26.2 Å². The zero-order chi connectivity index (χ0) is 24.6. The number of hydrogen-bond donors (Lipinski definition) is 3. The molecule has 1 aromatic carbocycles. The highest BCUT2D eigenvalue weighted by Gasteiger charge is 2.44. The van der Waals surface area contributed by atoms with Crippen LogP contribution in [0.15, 0.2) is 30.7 Å². The summed E-state index contributed by atoms with van der Waals surface area (Å²) in [7, 11) is 1.60. The topological polar surface area (TPSA) is 122 Å². The zero-order valence-corrected chi connectivity index (χ0v) is 18.7. The lowest BCUT2D eigenvalue weighted by Gasteiger charge is -2.40. The van der Waals surface area contributed by atoms with Gasteiger partial charge in [-0.3, -0.25) is 14.4 Å². The van der Waals surface area contributed by atoms with Crippen molar-refractivity contribution >= 4 is 29.0 Å². The van der Waals surface area contributed by atoms with Gasteiger partial charge in [-0.05, 0) is 37.6 Å². The second-order valence-corrected chi connectivity index (χ2v) is 8.05. The fraction of sp³-hybridized carbons (Fsp3) is 0.261. The van der Waals surface area contributed by atoms with Gasteiger partial charge in [0.2, 0.25) is 5.69 Å². The highest BCUT2D eigenvalue weighted by Crippen LogP contribution is 2.29. The van der Waals surface area contributed by atoms with Crippen molar-refractivity contribution in [2.75, 3.05) is 18.5 Å². The molecule has 1 fully saturated rings. The van der Waals surface area contributed by atoms with E-state index < -0.39 is 29.0 Å². The molecule has 1 aliphatic rings. The molecule has 34 heavy (non-hydrogen) atoms. The van der Waals surface area contributed by atoms with Crippen LogP contribution in [0.1, 0.15) is 37.8 Å². The van der Waals surface area contributed by atoms with Crippen molar-refractivity contribution in [3.63, 3.8) is 0 Å². The SMILES string of the molecule is [C-]#[N+]c1cc(NC(=O)c2c(C)c(C(=O)C(=O)NC3(c4cnc[nH]4)COC3)c(C)n2C)ccc1F. The maximum absolute atomic E-state index is 13.6. The Balaban J connectivity index is 1.59. The van der Waals surface area contributed by atoms with Gasteiger partial charge in [0.05, 0.1) is 43.6 Å². The van der Waals surface area contributed by atoms with Gasteiger partial charge in [-0.1, -0.05) is 0 Å². The number of H-pyrrole nitrogens is 1. The smallest absolute Gasteiger partial charge is 0.293 e. The Hall–Kier alpha value is -4.30. The van der Waals surface area contributed by atoms with E-state index in [1.807, 2.05) is 0 Å². The molecule has 4 rings (SSSR count). The van der Waals surface area contributed by atoms with Gasteiger partial charge in [-0.2, -0.15) is 0 Å². The Morgan fingerprint density at radius 3 is 2.62 bits per heavy atom. The van der Waals surface area contributed by atoms with E-state index in [9.17, 15) is 18.8 Å². The summed E-state index contributed by atoms with van der Waals surface area (Å²) in [4.78, 5) is 49.0. The molecule has 10 nitrogen and oxygen atoms in total. The van der Waals surface area contributed by atoms with Crippen molar-refractivity contribution in [1.82, 2.24) is 19.9 Å². The van der Waals surface area contributed by atoms with Crippen molar-refractivity contribution in [1.29, 1.82) is 0 Å². The number of ether oxygens (including phenoxy) is 1. The summed E-state index contributed by atoms with van der Waals surface area (Å²) >= 11 is 0. The fourth-order valence-electron chi connectivity index (χ4n) is 4.01. The van der Waals surface area contributed by atoms with Gasteiger partial charge in [-0.25, -0.2) is 14.2 Å². The highest BCUT2D eigenvalue weighted by molar-refractivity contribution is 6.43. The first-order valence-electron chi connectivity index (χ1n) is 10.3. The number of rotatable bonds is 6. The normalized spacial score (nSPS) is 14.1. The van der Waals surface area contributed by atoms with Gasteiger partial charge >= 0.3 is 0 Å². The van der Waals surface area contributed by atoms with Crippen LogP contribution in [0.2, 0.25) is 0 Å². The van der Waals surface area contributed by atoms with Crippen molar-refractivity contribution in [3.8, 4) is 0 Å². The molecule has 174 valence electrons. The number of carbonyl (C=O) groups is 3. The van der Waals surface area contributed by atoms with Crippen LogP contribution in [0.3, 0.4) is 0 Å². The monoisotopic (exact) mass is 464 g/mol. The van der Waals surface area contributed by atoms with Gasteiger partial charge in [0, 0.05) is 18.4 Å². The lowest BCUT2D eigenvalue weighted by Crippen LogP contribution is -2.60. The van der Waals surface area contributed by atoms with Crippen LogP contribution in [0.4, 0.5) is 15.8 Å². The Morgan fingerprint density at radius 1 is 1.29 bits per heavy atom. The largest absolute Gasteiger partial charge is 0.376 e. The van der Waals surface area contributed by atoms with Crippen molar-refractivity contribution < 1.29 is 23.5 Å². The molecule has 0 atom stereocenters. The van der Waals surface area contributed by atoms with Crippen LogP contribution < -0.4 is 10.6 Å². The summed E-state index contributed by atoms with van der Waals surface area (Å²) in [5, 5.41) is 5.36. The quantitative estimate of drug-likeness (QED) is 0.294. The molecule has 0 radical (unpaired) electrons. The number of anilines is 1. The van der Waals surface area contributed by atoms with E-state index in [0.29, 0.717) is 17.0 Å². The third-order valence-corrected chi connectivity index (χ3v) is 5.97. The van der Waals surface area contributed by atoms with Crippen LogP contribution in [0.25, 0.3) is 4.85 Å². The number of nitrogens with one attached hydrogen (secondary N) is 3. The Kier molecular flexibility index (Phi) is 5.76. The lowest BCUT2D eigenvalue weighted by atomic mass is 9.92. The number of hydrogen-bond acceptors (Lipinski definition) is 5. The minimum Gasteiger partial charge on any atom is -0.376 e. The van der Waals surface area contributed by atoms with E-state index in [1.54, 1.807) is 27.1 Å². The third-order valence-electron chi connectivity index (χ3n) is 5.97. The molecule has 11 heteroatoms. The third kappa shape index (κ3) is 3.74. The second-order valence-electron chi connectivity index (χ2n) is 8.05. The van der Waals surface area contributed by atoms with Crippen LogP contribution in [-0.2, 0) is 22.1 Å². The molecule has 3 N–H and O–H groups in total. The summed E-state index contributed by atoms with van der Waals surface area (Å²) in [5.74, 6) is -2.87. The number of imidazole rings is 1. The number of Topliss-reactive ketones (excluding diaryl/α,β-unsaturated/α-hetero) is 1. The van der Waals surface area contributed by atoms with Gasteiger partial charge in [0.25, 0.3) is 17.6 Å². The Labute approximate surface area is 194 Å². The van der Waals surface area contributed by atoms with Crippen molar-refractivity contribution in [3.05, 3.63) is 76.2 Å². The summed E-state index contributed by atoms with van der Waals surface area (Å²) in [6, 6.07) is 3.65. The first-order chi connectivity index (χ1) is 16.2. The zero-order valence-electron chi connectivity index (χ0n) is 18.7. The number of benzene rings is 1. The van der Waals surface area contributed by atoms with E-state index >= 15 is 0 Å². The number of aromatic amines is 1. The minimum atomic E-state index is -0.872. The number of amides is 2. The van der Waals surface area contributed by atoms with E-state index in [0.717, 1.165) is 6.07 Å².